The number of nitrogens with two attached hydrogens (primary N) is 1. The van der Waals surface area contributed by atoms with Crippen molar-refractivity contribution in [1.29, 1.82) is 0 Å². The zero-order valence-corrected chi connectivity index (χ0v) is 25.8. The summed E-state index contributed by atoms with van der Waals surface area (Å²) in [6.45, 7) is 5.54. The van der Waals surface area contributed by atoms with Crippen LogP contribution in [0.5, 0.6) is 0 Å². The highest BCUT2D eigenvalue weighted by molar-refractivity contribution is 7.89. The van der Waals surface area contributed by atoms with Gasteiger partial charge in [-0.25, -0.2) is 13.2 Å². The van der Waals surface area contributed by atoms with Gasteiger partial charge in [-0.2, -0.15) is 4.31 Å². The third kappa shape index (κ3) is 11.5. The number of primary amides is 1. The first-order valence-corrected chi connectivity index (χ1v) is 15.2. The van der Waals surface area contributed by atoms with Gasteiger partial charge >= 0.3 is 6.09 Å². The minimum atomic E-state index is -3.81. The lowest BCUT2D eigenvalue weighted by atomic mass is 10.1. The van der Waals surface area contributed by atoms with E-state index < -0.39 is 21.7 Å². The summed E-state index contributed by atoms with van der Waals surface area (Å²) in [6, 6.07) is 28.1. The molecule has 0 aliphatic carbocycles. The number of aromatic nitrogens is 1. The van der Waals surface area contributed by atoms with Gasteiger partial charge in [-0.1, -0.05) is 60.1 Å². The van der Waals surface area contributed by atoms with Crippen molar-refractivity contribution in [2.24, 2.45) is 5.73 Å². The van der Waals surface area contributed by atoms with Crippen molar-refractivity contribution in [2.45, 2.75) is 50.8 Å². The van der Waals surface area contributed by atoms with Gasteiger partial charge in [-0.05, 0) is 80.4 Å². The molecule has 0 spiro atoms. The quantitative estimate of drug-likeness (QED) is 0.229. The molecule has 43 heavy (non-hydrogen) atoms. The summed E-state index contributed by atoms with van der Waals surface area (Å²) in [5.41, 5.74) is 7.25. The van der Waals surface area contributed by atoms with Crippen molar-refractivity contribution in [3.63, 3.8) is 0 Å². The highest BCUT2D eigenvalue weighted by Crippen LogP contribution is 2.23. The minimum absolute atomic E-state index is 0.112. The molecule has 11 heteroatoms. The van der Waals surface area contributed by atoms with Crippen molar-refractivity contribution < 1.29 is 22.7 Å². The predicted octanol–water partition coefficient (Wildman–Crippen LogP) is 6.19. The average molecular weight is 623 g/mol. The summed E-state index contributed by atoms with van der Waals surface area (Å²) in [5.74, 6) is -0.119. The highest BCUT2D eigenvalue weighted by Gasteiger charge is 2.25. The number of halogens is 1. The first-order valence-electron chi connectivity index (χ1n) is 13.4. The van der Waals surface area contributed by atoms with E-state index in [1.807, 2.05) is 36.4 Å². The topological polar surface area (TPSA) is 132 Å². The van der Waals surface area contributed by atoms with Crippen molar-refractivity contribution in [3.05, 3.63) is 125 Å². The standard InChI is InChI=1S/C27H24ClN3O3S.C5H11NO2/c28-23-11-15-26(16-12-23)35(33,34)31(20-25-8-4-5-17-29-25)19-22-9-13-24(14-10-22)30-27(32)18-21-6-2-1-3-7-21;1-5(2,3)8-4(6)7/h1-17H,18-20H2,(H,30,32);1-3H3,(H2,6,7). The molecule has 4 rings (SSSR count). The Morgan fingerprint density at radius 3 is 2.02 bits per heavy atom. The number of nitrogens with zero attached hydrogens (tertiary/aromatic N) is 2. The lowest BCUT2D eigenvalue weighted by Crippen LogP contribution is -2.30. The normalized spacial score (nSPS) is 11.3. The van der Waals surface area contributed by atoms with Crippen LogP contribution in [0.1, 0.15) is 37.6 Å². The fourth-order valence-electron chi connectivity index (χ4n) is 3.84. The van der Waals surface area contributed by atoms with Crippen LogP contribution >= 0.6 is 11.6 Å². The second kappa shape index (κ2) is 15.3. The van der Waals surface area contributed by atoms with E-state index in [0.717, 1.165) is 11.1 Å². The third-order valence-corrected chi connectivity index (χ3v) is 7.78. The summed E-state index contributed by atoms with van der Waals surface area (Å²) in [6.07, 6.45) is 1.19. The minimum Gasteiger partial charge on any atom is -0.444 e. The van der Waals surface area contributed by atoms with Gasteiger partial charge in [0.2, 0.25) is 15.9 Å². The summed E-state index contributed by atoms with van der Waals surface area (Å²) in [5, 5.41) is 3.34. The van der Waals surface area contributed by atoms with E-state index in [9.17, 15) is 18.0 Å². The van der Waals surface area contributed by atoms with Gasteiger partial charge in [0.1, 0.15) is 5.60 Å². The van der Waals surface area contributed by atoms with Gasteiger partial charge in [0.05, 0.1) is 23.6 Å². The number of carbonyl (C=O) groups is 2. The van der Waals surface area contributed by atoms with Crippen LogP contribution < -0.4 is 11.1 Å². The molecule has 0 radical (unpaired) electrons. The fourth-order valence-corrected chi connectivity index (χ4v) is 5.36. The van der Waals surface area contributed by atoms with E-state index in [1.165, 1.54) is 16.4 Å². The molecule has 1 heterocycles. The lowest BCUT2D eigenvalue weighted by Gasteiger charge is -2.22. The molecule has 0 saturated carbocycles. The Kier molecular flexibility index (Phi) is 11.8. The van der Waals surface area contributed by atoms with Crippen LogP contribution in [0.3, 0.4) is 0 Å². The predicted molar refractivity (Wildman–Crippen MR) is 168 cm³/mol. The largest absolute Gasteiger partial charge is 0.444 e. The Morgan fingerprint density at radius 1 is 0.860 bits per heavy atom. The van der Waals surface area contributed by atoms with Gasteiger partial charge in [0.15, 0.2) is 0 Å². The molecule has 0 aliphatic rings. The van der Waals surface area contributed by atoms with Crippen LogP contribution in [-0.4, -0.2) is 35.3 Å². The lowest BCUT2D eigenvalue weighted by molar-refractivity contribution is -0.115. The molecule has 3 N–H and O–H groups in total. The van der Waals surface area contributed by atoms with Crippen LogP contribution in [-0.2, 0) is 39.1 Å². The van der Waals surface area contributed by atoms with E-state index in [-0.39, 0.29) is 30.3 Å². The van der Waals surface area contributed by atoms with Gasteiger partial charge in [-0.3, -0.25) is 9.78 Å². The van der Waals surface area contributed by atoms with E-state index in [0.29, 0.717) is 16.4 Å². The molecule has 0 aliphatic heterocycles. The van der Waals surface area contributed by atoms with Crippen LogP contribution in [0.15, 0.2) is 108 Å². The Hall–Kier alpha value is -4.25. The number of sulfonamides is 1. The number of nitrogens with one attached hydrogen (secondary N) is 1. The van der Waals surface area contributed by atoms with Gasteiger partial charge in [-0.15, -0.1) is 0 Å². The Morgan fingerprint density at radius 2 is 1.49 bits per heavy atom. The third-order valence-electron chi connectivity index (χ3n) is 5.73. The first-order chi connectivity index (χ1) is 20.3. The zero-order valence-electron chi connectivity index (χ0n) is 24.2. The number of hydrogen-bond donors (Lipinski definition) is 2. The molecular weight excluding hydrogens is 588 g/mol. The number of pyridine rings is 1. The number of benzene rings is 3. The number of ether oxygens (including phenoxy) is 1. The number of hydrogen-bond acceptors (Lipinski definition) is 6. The monoisotopic (exact) mass is 622 g/mol. The van der Waals surface area contributed by atoms with Crippen LogP contribution in [0.2, 0.25) is 5.02 Å². The number of anilines is 1. The van der Waals surface area contributed by atoms with Crippen molar-refractivity contribution in [1.82, 2.24) is 9.29 Å². The number of amides is 2. The molecule has 9 nitrogen and oxygen atoms in total. The van der Waals surface area contributed by atoms with Crippen LogP contribution in [0.4, 0.5) is 10.5 Å². The van der Waals surface area contributed by atoms with Crippen LogP contribution in [0.25, 0.3) is 0 Å². The Balaban J connectivity index is 0.000000557. The smallest absolute Gasteiger partial charge is 0.405 e. The summed E-state index contributed by atoms with van der Waals surface area (Å²) < 4.78 is 32.8. The molecule has 0 saturated heterocycles. The van der Waals surface area contributed by atoms with E-state index in [4.69, 9.17) is 17.3 Å². The fraction of sp³-hybridized carbons (Fsp3) is 0.219. The maximum atomic E-state index is 13.4. The van der Waals surface area contributed by atoms with Crippen molar-refractivity contribution >= 4 is 39.3 Å². The van der Waals surface area contributed by atoms with E-state index in [2.05, 4.69) is 15.0 Å². The average Bonchev–Trinajstić information content (AvgIpc) is 2.94. The Bertz CT molecular complexity index is 1580. The molecule has 2 amide bonds. The maximum Gasteiger partial charge on any atom is 0.405 e. The SMILES string of the molecule is CC(C)(C)OC(N)=O.O=C(Cc1ccccc1)Nc1ccc(CN(Cc2ccccn2)S(=O)(=O)c2ccc(Cl)cc2)cc1. The van der Waals surface area contributed by atoms with Gasteiger partial charge in [0, 0.05) is 23.5 Å². The van der Waals surface area contributed by atoms with Crippen molar-refractivity contribution in [2.75, 3.05) is 5.32 Å². The summed E-state index contributed by atoms with van der Waals surface area (Å²) in [7, 11) is -3.81. The highest BCUT2D eigenvalue weighted by atomic mass is 35.5. The molecule has 0 bridgehead atoms. The van der Waals surface area contributed by atoms with Crippen molar-refractivity contribution in [3.8, 4) is 0 Å². The first kappa shape index (κ1) is 33.3. The molecule has 0 atom stereocenters. The maximum absolute atomic E-state index is 13.4. The zero-order chi connectivity index (χ0) is 31.5. The van der Waals surface area contributed by atoms with Gasteiger partial charge in [0.25, 0.3) is 0 Å². The molecule has 0 fully saturated rings. The van der Waals surface area contributed by atoms with E-state index >= 15 is 0 Å². The second-order valence-corrected chi connectivity index (χ2v) is 12.9. The van der Waals surface area contributed by atoms with E-state index in [1.54, 1.807) is 75.5 Å². The van der Waals surface area contributed by atoms with Crippen LogP contribution in [0, 0.1) is 0 Å². The Labute approximate surface area is 257 Å². The summed E-state index contributed by atoms with van der Waals surface area (Å²) in [4.78, 5) is 26.8. The number of carbonyl (C=O) groups excluding carboxylic acids is 2. The molecule has 0 unspecified atom stereocenters. The molecular formula is C32H35ClN4O5S. The summed E-state index contributed by atoms with van der Waals surface area (Å²) >= 11 is 5.95. The number of rotatable bonds is 9. The van der Waals surface area contributed by atoms with Gasteiger partial charge < -0.3 is 15.8 Å². The molecule has 4 aromatic rings. The molecule has 1 aromatic heterocycles. The molecule has 3 aromatic carbocycles. The second-order valence-electron chi connectivity index (χ2n) is 10.5. The molecule has 226 valence electrons.